The minimum Gasteiger partial charge on any atom is -0.598 e. The van der Waals surface area contributed by atoms with Gasteiger partial charge in [-0.25, -0.2) is 4.39 Å². The summed E-state index contributed by atoms with van der Waals surface area (Å²) < 4.78 is 28.0. The zero-order valence-corrected chi connectivity index (χ0v) is 12.0. The van der Waals surface area contributed by atoms with Crippen LogP contribution in [0.5, 0.6) is 0 Å². The van der Waals surface area contributed by atoms with E-state index in [9.17, 15) is 8.94 Å². The molecule has 1 aromatic rings. The molecule has 2 atom stereocenters. The van der Waals surface area contributed by atoms with Crippen molar-refractivity contribution in [2.75, 3.05) is 0 Å². The Hall–Kier alpha value is -0.290. The lowest BCUT2D eigenvalue weighted by Crippen LogP contribution is -2.40. The van der Waals surface area contributed by atoms with Gasteiger partial charge in [-0.15, -0.1) is 4.72 Å². The predicted octanol–water partition coefficient (Wildman–Crippen LogP) is 3.59. The fraction of sp³-hybridized carbons (Fsp3) is 0.500. The van der Waals surface area contributed by atoms with Crippen molar-refractivity contribution in [2.45, 2.75) is 38.5 Å². The van der Waals surface area contributed by atoms with Gasteiger partial charge in [-0.3, -0.25) is 0 Å². The summed E-state index contributed by atoms with van der Waals surface area (Å²) >= 11 is 4.45. The van der Waals surface area contributed by atoms with Crippen LogP contribution in [-0.2, 0) is 11.4 Å². The van der Waals surface area contributed by atoms with Crippen LogP contribution in [0.4, 0.5) is 4.39 Å². The van der Waals surface area contributed by atoms with Gasteiger partial charge in [0.25, 0.3) is 0 Å². The molecule has 0 radical (unpaired) electrons. The molecular weight excluding hydrogens is 261 g/mol. The molecule has 0 bridgehead atoms. The highest BCUT2D eigenvalue weighted by Crippen LogP contribution is 2.23. The molecule has 0 aromatic heterocycles. The summed E-state index contributed by atoms with van der Waals surface area (Å²) in [5.41, 5.74) is 0.465. The van der Waals surface area contributed by atoms with Gasteiger partial charge < -0.3 is 4.55 Å². The van der Waals surface area contributed by atoms with Crippen molar-refractivity contribution in [3.05, 3.63) is 34.6 Å². The van der Waals surface area contributed by atoms with Crippen LogP contribution < -0.4 is 4.72 Å². The van der Waals surface area contributed by atoms with Crippen molar-refractivity contribution >= 4 is 23.0 Å². The molecule has 5 heteroatoms. The Morgan fingerprint density at radius 1 is 1.41 bits per heavy atom. The molecule has 0 fully saturated rings. The van der Waals surface area contributed by atoms with Gasteiger partial charge in [0, 0.05) is 21.9 Å². The smallest absolute Gasteiger partial charge is 0.136 e. The monoisotopic (exact) mass is 277 g/mol. The van der Waals surface area contributed by atoms with Crippen LogP contribution in [0, 0.1) is 5.82 Å². The van der Waals surface area contributed by atoms with Gasteiger partial charge in [0.05, 0.1) is 6.04 Å². The highest BCUT2D eigenvalue weighted by molar-refractivity contribution is 7.90. The largest absolute Gasteiger partial charge is 0.598 e. The minimum absolute atomic E-state index is 0.327. The molecule has 0 unspecified atom stereocenters. The van der Waals surface area contributed by atoms with E-state index in [1.54, 1.807) is 19.1 Å². The van der Waals surface area contributed by atoms with Gasteiger partial charge >= 0.3 is 0 Å². The Morgan fingerprint density at radius 2 is 2.00 bits per heavy atom. The highest BCUT2D eigenvalue weighted by atomic mass is 35.5. The normalized spacial score (nSPS) is 15.7. The number of nitrogens with one attached hydrogen (secondary N) is 1. The summed E-state index contributed by atoms with van der Waals surface area (Å²) in [5, 5.41) is 0.357. The Morgan fingerprint density at radius 3 is 2.47 bits per heavy atom. The van der Waals surface area contributed by atoms with Crippen molar-refractivity contribution in [3.63, 3.8) is 0 Å². The summed E-state index contributed by atoms with van der Waals surface area (Å²) in [4.78, 5) is 0. The molecule has 96 valence electrons. The summed E-state index contributed by atoms with van der Waals surface area (Å²) in [6.07, 6.45) is 0. The topological polar surface area (TPSA) is 35.1 Å². The zero-order valence-electron chi connectivity index (χ0n) is 10.4. The molecule has 0 saturated carbocycles. The summed E-state index contributed by atoms with van der Waals surface area (Å²) in [7, 11) is 0. The van der Waals surface area contributed by atoms with Crippen molar-refractivity contribution in [1.29, 1.82) is 0 Å². The molecule has 1 aromatic carbocycles. The molecule has 0 aliphatic carbocycles. The van der Waals surface area contributed by atoms with E-state index < -0.39 is 11.4 Å². The number of benzene rings is 1. The van der Waals surface area contributed by atoms with Gasteiger partial charge in [-0.05, 0) is 39.8 Å². The summed E-state index contributed by atoms with van der Waals surface area (Å²) in [5.74, 6) is -0.386. The summed E-state index contributed by atoms with van der Waals surface area (Å²) in [6.45, 7) is 7.36. The van der Waals surface area contributed by atoms with Crippen LogP contribution in [0.1, 0.15) is 39.3 Å². The van der Waals surface area contributed by atoms with E-state index in [0.717, 1.165) is 0 Å². The quantitative estimate of drug-likeness (QED) is 0.857. The number of hydrogen-bond acceptors (Lipinski definition) is 2. The summed E-state index contributed by atoms with van der Waals surface area (Å²) in [6, 6.07) is 4.16. The first-order valence-corrected chi connectivity index (χ1v) is 6.87. The Kier molecular flexibility index (Phi) is 4.84. The van der Waals surface area contributed by atoms with Gasteiger partial charge in [-0.2, -0.15) is 0 Å². The molecule has 0 heterocycles. The Bertz CT molecular complexity index is 395. The van der Waals surface area contributed by atoms with Gasteiger partial charge in [0.1, 0.15) is 10.6 Å². The van der Waals surface area contributed by atoms with E-state index in [1.807, 2.05) is 20.8 Å². The Labute approximate surface area is 110 Å². The first-order valence-electron chi connectivity index (χ1n) is 5.35. The molecule has 0 amide bonds. The number of hydrogen-bond donors (Lipinski definition) is 1. The maximum Gasteiger partial charge on any atom is 0.136 e. The van der Waals surface area contributed by atoms with Crippen LogP contribution in [0.2, 0.25) is 5.02 Å². The van der Waals surface area contributed by atoms with E-state index in [0.29, 0.717) is 10.6 Å². The SMILES string of the molecule is C[C@@H](N[S@+]([O-])C(C)(C)C)c1ccc(Cl)cc1F. The average Bonchev–Trinajstić information content (AvgIpc) is 2.15. The van der Waals surface area contributed by atoms with Crippen LogP contribution in [0.3, 0.4) is 0 Å². The van der Waals surface area contributed by atoms with E-state index in [4.69, 9.17) is 11.6 Å². The molecule has 0 aliphatic heterocycles. The van der Waals surface area contributed by atoms with E-state index >= 15 is 0 Å². The number of halogens is 2. The van der Waals surface area contributed by atoms with Crippen molar-refractivity contribution in [2.24, 2.45) is 0 Å². The third-order valence-electron chi connectivity index (χ3n) is 2.27. The van der Waals surface area contributed by atoms with Crippen LogP contribution >= 0.6 is 11.6 Å². The minimum atomic E-state index is -1.23. The van der Waals surface area contributed by atoms with Crippen molar-refractivity contribution in [3.8, 4) is 0 Å². The van der Waals surface area contributed by atoms with Crippen LogP contribution in [0.25, 0.3) is 0 Å². The third kappa shape index (κ3) is 4.14. The molecule has 0 spiro atoms. The van der Waals surface area contributed by atoms with Gasteiger partial charge in [0.15, 0.2) is 0 Å². The molecule has 0 aliphatic rings. The molecule has 17 heavy (non-hydrogen) atoms. The van der Waals surface area contributed by atoms with Gasteiger partial charge in [0.2, 0.25) is 0 Å². The van der Waals surface area contributed by atoms with Crippen molar-refractivity contribution < 1.29 is 8.94 Å². The molecular formula is C12H17ClFNOS. The third-order valence-corrected chi connectivity index (χ3v) is 4.18. The van der Waals surface area contributed by atoms with Crippen LogP contribution in [-0.4, -0.2) is 9.30 Å². The maximum absolute atomic E-state index is 13.6. The highest BCUT2D eigenvalue weighted by Gasteiger charge is 2.28. The molecule has 1 N–H and O–H groups in total. The average molecular weight is 278 g/mol. The number of rotatable bonds is 3. The van der Waals surface area contributed by atoms with Crippen molar-refractivity contribution in [1.82, 2.24) is 4.72 Å². The molecule has 2 nitrogen and oxygen atoms in total. The predicted molar refractivity (Wildman–Crippen MR) is 70.9 cm³/mol. The van der Waals surface area contributed by atoms with Crippen LogP contribution in [0.15, 0.2) is 18.2 Å². The fourth-order valence-corrected chi connectivity index (χ4v) is 2.21. The van der Waals surface area contributed by atoms with E-state index in [-0.39, 0.29) is 16.6 Å². The lowest BCUT2D eigenvalue weighted by molar-refractivity contribution is 0.522. The second-order valence-corrected chi connectivity index (χ2v) is 7.32. The molecule has 1 rings (SSSR count). The maximum atomic E-state index is 13.6. The van der Waals surface area contributed by atoms with E-state index in [1.165, 1.54) is 6.07 Å². The Balaban J connectivity index is 2.80. The lowest BCUT2D eigenvalue weighted by Gasteiger charge is -2.26. The fourth-order valence-electron chi connectivity index (χ4n) is 1.25. The molecule has 0 saturated heterocycles. The zero-order chi connectivity index (χ0) is 13.2. The second-order valence-electron chi connectivity index (χ2n) is 4.89. The standard InChI is InChI=1S/C12H17ClFNOS/c1-8(15-17(16)12(2,3)4)10-6-5-9(13)7-11(10)14/h5-8,15H,1-4H3/t8-,17-/m1/s1. The first kappa shape index (κ1) is 14.8. The second kappa shape index (κ2) is 5.57. The van der Waals surface area contributed by atoms with E-state index in [2.05, 4.69) is 4.72 Å². The first-order chi connectivity index (χ1) is 7.71. The lowest BCUT2D eigenvalue weighted by atomic mass is 10.1. The van der Waals surface area contributed by atoms with Gasteiger partial charge in [-0.1, -0.05) is 17.7 Å².